The molecule has 1 amide bonds. The van der Waals surface area contributed by atoms with E-state index in [1.165, 1.54) is 0 Å². The monoisotopic (exact) mass is 425 g/mol. The highest BCUT2D eigenvalue weighted by Crippen LogP contribution is 2.20. The van der Waals surface area contributed by atoms with Crippen LogP contribution in [-0.4, -0.2) is 50.3 Å². The van der Waals surface area contributed by atoms with E-state index in [1.54, 1.807) is 17.0 Å². The lowest BCUT2D eigenvalue weighted by Crippen LogP contribution is -2.36. The predicted octanol–water partition coefficient (Wildman–Crippen LogP) is 3.46. The minimum atomic E-state index is -0.0484. The van der Waals surface area contributed by atoms with Crippen molar-refractivity contribution in [1.29, 1.82) is 0 Å². The van der Waals surface area contributed by atoms with Gasteiger partial charge in [-0.25, -0.2) is 0 Å². The second-order valence-corrected chi connectivity index (χ2v) is 5.88. The summed E-state index contributed by atoms with van der Waals surface area (Å²) in [5.41, 5.74) is 0.591. The molecule has 0 fully saturated rings. The van der Waals surface area contributed by atoms with Crippen molar-refractivity contribution in [1.82, 2.24) is 4.90 Å². The van der Waals surface area contributed by atoms with Gasteiger partial charge in [0, 0.05) is 35.4 Å². The topological polar surface area (TPSA) is 38.8 Å². The first-order valence-electron chi connectivity index (χ1n) is 7.00. The van der Waals surface area contributed by atoms with Crippen molar-refractivity contribution in [3.8, 4) is 0 Å². The van der Waals surface area contributed by atoms with Crippen LogP contribution in [0.2, 0.25) is 5.02 Å². The standard InChI is InChI=1S/C15H21ClINO3/c1-3-20-9-7-18(8-10-21-4-2)15(19)12-5-6-14(17)13(16)11-12/h5-6,11H,3-4,7-10H2,1-2H3. The molecule has 0 bridgehead atoms. The van der Waals surface area contributed by atoms with Crippen LogP contribution in [0, 0.1) is 3.57 Å². The van der Waals surface area contributed by atoms with Gasteiger partial charge in [0.25, 0.3) is 5.91 Å². The third-order valence-corrected chi connectivity index (χ3v) is 4.45. The van der Waals surface area contributed by atoms with Crippen LogP contribution < -0.4 is 0 Å². The lowest BCUT2D eigenvalue weighted by molar-refractivity contribution is 0.0550. The van der Waals surface area contributed by atoms with E-state index in [0.717, 1.165) is 3.57 Å². The summed E-state index contributed by atoms with van der Waals surface area (Å²) in [7, 11) is 0. The fourth-order valence-corrected chi connectivity index (χ4v) is 2.28. The molecular formula is C15H21ClINO3. The van der Waals surface area contributed by atoms with Crippen molar-refractivity contribution in [3.63, 3.8) is 0 Å². The van der Waals surface area contributed by atoms with E-state index < -0.39 is 0 Å². The molecule has 0 aliphatic heterocycles. The van der Waals surface area contributed by atoms with Crippen molar-refractivity contribution >= 4 is 40.1 Å². The Hall–Kier alpha value is -0.370. The number of ether oxygens (including phenoxy) is 2. The van der Waals surface area contributed by atoms with Crippen LogP contribution in [0.3, 0.4) is 0 Å². The maximum atomic E-state index is 12.6. The molecule has 21 heavy (non-hydrogen) atoms. The van der Waals surface area contributed by atoms with E-state index >= 15 is 0 Å². The van der Waals surface area contributed by atoms with E-state index in [9.17, 15) is 4.79 Å². The fourth-order valence-electron chi connectivity index (χ4n) is 1.76. The summed E-state index contributed by atoms with van der Waals surface area (Å²) >= 11 is 8.23. The smallest absolute Gasteiger partial charge is 0.254 e. The Morgan fingerprint density at radius 1 is 1.19 bits per heavy atom. The van der Waals surface area contributed by atoms with E-state index in [0.29, 0.717) is 50.1 Å². The van der Waals surface area contributed by atoms with Gasteiger partial charge in [0.1, 0.15) is 0 Å². The number of nitrogens with zero attached hydrogens (tertiary/aromatic N) is 1. The Kier molecular flexibility index (Phi) is 9.23. The van der Waals surface area contributed by atoms with Crippen LogP contribution >= 0.6 is 34.2 Å². The summed E-state index contributed by atoms with van der Waals surface area (Å²) < 4.78 is 11.6. The van der Waals surface area contributed by atoms with E-state index in [-0.39, 0.29) is 5.91 Å². The Balaban J connectivity index is 2.73. The molecule has 0 heterocycles. The van der Waals surface area contributed by atoms with Gasteiger partial charge in [0.15, 0.2) is 0 Å². The van der Waals surface area contributed by atoms with Gasteiger partial charge in [-0.15, -0.1) is 0 Å². The molecule has 4 nitrogen and oxygen atoms in total. The normalized spacial score (nSPS) is 10.7. The fraction of sp³-hybridized carbons (Fsp3) is 0.533. The third kappa shape index (κ3) is 6.50. The van der Waals surface area contributed by atoms with Crippen LogP contribution in [0.1, 0.15) is 24.2 Å². The number of halogens is 2. The molecule has 0 radical (unpaired) electrons. The Morgan fingerprint density at radius 3 is 2.24 bits per heavy atom. The first-order chi connectivity index (χ1) is 10.1. The van der Waals surface area contributed by atoms with Crippen molar-refractivity contribution in [2.45, 2.75) is 13.8 Å². The van der Waals surface area contributed by atoms with Gasteiger partial charge in [0.2, 0.25) is 0 Å². The molecule has 0 unspecified atom stereocenters. The van der Waals surface area contributed by atoms with Crippen LogP contribution in [0.25, 0.3) is 0 Å². The molecule has 0 spiro atoms. The van der Waals surface area contributed by atoms with E-state index in [2.05, 4.69) is 22.6 Å². The van der Waals surface area contributed by atoms with Crippen molar-refractivity contribution in [3.05, 3.63) is 32.4 Å². The third-order valence-electron chi connectivity index (χ3n) is 2.87. The van der Waals surface area contributed by atoms with E-state index in [1.807, 2.05) is 19.9 Å². The summed E-state index contributed by atoms with van der Waals surface area (Å²) in [6, 6.07) is 5.35. The SMILES string of the molecule is CCOCCN(CCOCC)C(=O)c1ccc(I)c(Cl)c1. The van der Waals surface area contributed by atoms with Gasteiger partial charge < -0.3 is 14.4 Å². The van der Waals surface area contributed by atoms with Gasteiger partial charge in [-0.05, 0) is 54.6 Å². The minimum Gasteiger partial charge on any atom is -0.380 e. The average Bonchev–Trinajstić information content (AvgIpc) is 2.48. The molecule has 0 aromatic heterocycles. The lowest BCUT2D eigenvalue weighted by atomic mass is 10.2. The Morgan fingerprint density at radius 2 is 1.76 bits per heavy atom. The van der Waals surface area contributed by atoms with Crippen molar-refractivity contribution in [2.24, 2.45) is 0 Å². The van der Waals surface area contributed by atoms with Crippen molar-refractivity contribution in [2.75, 3.05) is 39.5 Å². The van der Waals surface area contributed by atoms with Gasteiger partial charge in [-0.2, -0.15) is 0 Å². The predicted molar refractivity (Wildman–Crippen MR) is 93.1 cm³/mol. The molecular weight excluding hydrogens is 405 g/mol. The van der Waals surface area contributed by atoms with Crippen LogP contribution in [0.4, 0.5) is 0 Å². The highest BCUT2D eigenvalue weighted by Gasteiger charge is 2.16. The number of hydrogen-bond donors (Lipinski definition) is 0. The first-order valence-corrected chi connectivity index (χ1v) is 8.45. The van der Waals surface area contributed by atoms with Crippen LogP contribution in [0.5, 0.6) is 0 Å². The number of benzene rings is 1. The number of carbonyl (C=O) groups is 1. The molecule has 1 aromatic carbocycles. The summed E-state index contributed by atoms with van der Waals surface area (Å²) in [5.74, 6) is -0.0484. The van der Waals surface area contributed by atoms with Gasteiger partial charge in [0.05, 0.1) is 18.2 Å². The maximum absolute atomic E-state index is 12.6. The zero-order valence-electron chi connectivity index (χ0n) is 12.4. The largest absolute Gasteiger partial charge is 0.380 e. The summed E-state index contributed by atoms with van der Waals surface area (Å²) in [4.78, 5) is 14.3. The first kappa shape index (κ1) is 18.7. The second-order valence-electron chi connectivity index (χ2n) is 4.31. The maximum Gasteiger partial charge on any atom is 0.254 e. The van der Waals surface area contributed by atoms with Gasteiger partial charge in [-0.1, -0.05) is 11.6 Å². The van der Waals surface area contributed by atoms with E-state index in [4.69, 9.17) is 21.1 Å². The second kappa shape index (κ2) is 10.4. The lowest BCUT2D eigenvalue weighted by Gasteiger charge is -2.22. The van der Waals surface area contributed by atoms with Gasteiger partial charge >= 0.3 is 0 Å². The zero-order valence-corrected chi connectivity index (χ0v) is 15.3. The van der Waals surface area contributed by atoms with Crippen molar-refractivity contribution < 1.29 is 14.3 Å². The molecule has 118 valence electrons. The number of amides is 1. The molecule has 6 heteroatoms. The summed E-state index contributed by atoms with van der Waals surface area (Å²) in [5, 5.41) is 0.594. The highest BCUT2D eigenvalue weighted by atomic mass is 127. The number of rotatable bonds is 9. The Labute approximate surface area is 144 Å². The van der Waals surface area contributed by atoms with Gasteiger partial charge in [-0.3, -0.25) is 4.79 Å². The molecule has 1 rings (SSSR count). The number of carbonyl (C=O) groups excluding carboxylic acids is 1. The molecule has 0 saturated heterocycles. The highest BCUT2D eigenvalue weighted by molar-refractivity contribution is 14.1. The molecule has 0 saturated carbocycles. The molecule has 0 aliphatic carbocycles. The average molecular weight is 426 g/mol. The molecule has 0 aliphatic rings. The molecule has 0 atom stereocenters. The molecule has 0 N–H and O–H groups in total. The van der Waals surface area contributed by atoms with Crippen LogP contribution in [-0.2, 0) is 9.47 Å². The minimum absolute atomic E-state index is 0.0484. The Bertz CT molecular complexity index is 447. The summed E-state index contributed by atoms with van der Waals surface area (Å²) in [6.45, 7) is 7.29. The number of hydrogen-bond acceptors (Lipinski definition) is 3. The molecule has 1 aromatic rings. The zero-order chi connectivity index (χ0) is 15.7. The quantitative estimate of drug-likeness (QED) is 0.449. The summed E-state index contributed by atoms with van der Waals surface area (Å²) in [6.07, 6.45) is 0. The van der Waals surface area contributed by atoms with Crippen LogP contribution in [0.15, 0.2) is 18.2 Å².